The fraction of sp³-hybridized carbons (Fsp3) is 0.0469. The highest BCUT2D eigenvalue weighted by Gasteiger charge is 2.22. The van der Waals surface area contributed by atoms with Gasteiger partial charge in [-0.2, -0.15) is 0 Å². The van der Waals surface area contributed by atoms with Gasteiger partial charge < -0.3 is 4.42 Å². The molecular weight excluding hydrogens is 859 g/mol. The van der Waals surface area contributed by atoms with Gasteiger partial charge in [0.2, 0.25) is 0 Å². The summed E-state index contributed by atoms with van der Waals surface area (Å²) in [6.45, 7) is 2.31. The van der Waals surface area contributed by atoms with Gasteiger partial charge in [-0.1, -0.05) is 189 Å². The van der Waals surface area contributed by atoms with Crippen molar-refractivity contribution in [1.29, 1.82) is 0 Å². The van der Waals surface area contributed by atoms with Gasteiger partial charge in [0.25, 0.3) is 0 Å². The highest BCUT2D eigenvalue weighted by molar-refractivity contribution is 7.26. The number of allylic oxidation sites excluding steroid dienone is 4. The Balaban J connectivity index is 0.960. The van der Waals surface area contributed by atoms with Crippen LogP contribution in [-0.4, -0.2) is 15.0 Å². The summed E-state index contributed by atoms with van der Waals surface area (Å²) >= 11 is 1.85. The summed E-state index contributed by atoms with van der Waals surface area (Å²) in [5.74, 6) is 2.22. The number of rotatable bonds is 8. The SMILES string of the molecule is CC1CC=CC=C1c1cc(-c2ccccc2)cc(-c2ccc3c(c2)oc2cccc(-c4nc(-c5ccccc5)nc(-c5ccccc5-c5ccccc5-c5cccc6c5sc5ccccc56)n4)c23)c1. The Morgan fingerprint density at radius 1 is 0.420 bits per heavy atom. The van der Waals surface area contributed by atoms with Crippen LogP contribution in [-0.2, 0) is 0 Å². The lowest BCUT2D eigenvalue weighted by molar-refractivity contribution is 0.669. The molecule has 0 N–H and O–H groups in total. The molecule has 1 aliphatic carbocycles. The van der Waals surface area contributed by atoms with E-state index < -0.39 is 0 Å². The Kier molecular flexibility index (Phi) is 10.0. The highest BCUT2D eigenvalue weighted by atomic mass is 32.1. The van der Waals surface area contributed by atoms with Crippen LogP contribution < -0.4 is 0 Å². The van der Waals surface area contributed by atoms with Crippen LogP contribution in [0.25, 0.3) is 126 Å². The van der Waals surface area contributed by atoms with Crippen LogP contribution >= 0.6 is 11.3 Å². The molecule has 326 valence electrons. The minimum Gasteiger partial charge on any atom is -0.456 e. The smallest absolute Gasteiger partial charge is 0.164 e. The molecular formula is C64H43N3OS. The molecule has 9 aromatic carbocycles. The lowest BCUT2D eigenvalue weighted by Crippen LogP contribution is -2.01. The quantitative estimate of drug-likeness (QED) is 0.152. The summed E-state index contributed by atoms with van der Waals surface area (Å²) in [5.41, 5.74) is 16.1. The zero-order chi connectivity index (χ0) is 45.8. The van der Waals surface area contributed by atoms with Crippen LogP contribution in [0.1, 0.15) is 18.9 Å². The zero-order valence-electron chi connectivity index (χ0n) is 37.8. The van der Waals surface area contributed by atoms with E-state index in [9.17, 15) is 0 Å². The second-order valence-electron chi connectivity index (χ2n) is 17.9. The number of furan rings is 1. The molecule has 69 heavy (non-hydrogen) atoms. The summed E-state index contributed by atoms with van der Waals surface area (Å²) in [6, 6.07) is 73.2. The molecule has 3 heterocycles. The standard InChI is InChI=1S/C64H43N3OS/c1-40-18-8-9-23-47(40)46-37-44(41-19-4-2-5-20-41)36-45(38-46)43-34-35-55-58(39-43)68-57-32-17-31-56(60(55)57)64-66-62(42-21-6-3-7-22-42)65-63(67-64)54-28-13-12-26-50(54)48-24-10-11-25-49(48)52-29-16-30-53-51-27-14-15-33-59(51)69-61(52)53/h2-17,19-40H,18H2,1H3. The molecule has 0 saturated heterocycles. The van der Waals surface area contributed by atoms with Crippen molar-refractivity contribution in [2.75, 3.05) is 0 Å². The first kappa shape index (κ1) is 40.7. The fourth-order valence-electron chi connectivity index (χ4n) is 10.2. The number of hydrogen-bond donors (Lipinski definition) is 0. The second kappa shape index (κ2) is 17.0. The Hall–Kier alpha value is -8.51. The van der Waals surface area contributed by atoms with E-state index in [4.69, 9.17) is 19.4 Å². The van der Waals surface area contributed by atoms with Crippen molar-refractivity contribution in [3.8, 4) is 78.7 Å². The molecule has 1 unspecified atom stereocenters. The minimum absolute atomic E-state index is 0.431. The maximum atomic E-state index is 6.78. The molecule has 13 rings (SSSR count). The Bertz CT molecular complexity index is 4010. The number of aromatic nitrogens is 3. The number of benzene rings is 9. The molecule has 12 aromatic rings. The van der Waals surface area contributed by atoms with E-state index in [1.165, 1.54) is 48.0 Å². The fourth-order valence-corrected chi connectivity index (χ4v) is 11.5. The van der Waals surface area contributed by atoms with Crippen LogP contribution in [0.2, 0.25) is 0 Å². The van der Waals surface area contributed by atoms with Gasteiger partial charge in [0.15, 0.2) is 17.5 Å². The second-order valence-corrected chi connectivity index (χ2v) is 18.9. The predicted molar refractivity (Wildman–Crippen MR) is 289 cm³/mol. The maximum absolute atomic E-state index is 6.78. The van der Waals surface area contributed by atoms with Crippen LogP contribution in [0.15, 0.2) is 229 Å². The Morgan fingerprint density at radius 3 is 1.78 bits per heavy atom. The summed E-state index contributed by atoms with van der Waals surface area (Å²) in [6.07, 6.45) is 7.75. The van der Waals surface area contributed by atoms with E-state index in [0.29, 0.717) is 23.4 Å². The van der Waals surface area contributed by atoms with Crippen LogP contribution in [0, 0.1) is 5.92 Å². The summed E-state index contributed by atoms with van der Waals surface area (Å²) < 4.78 is 9.34. The number of thiophene rings is 1. The Labute approximate surface area is 404 Å². The maximum Gasteiger partial charge on any atom is 0.164 e. The first-order valence-electron chi connectivity index (χ1n) is 23.6. The number of nitrogens with zero attached hydrogens (tertiary/aromatic N) is 3. The molecule has 0 aliphatic heterocycles. The van der Waals surface area contributed by atoms with Crippen molar-refractivity contribution in [3.05, 3.63) is 230 Å². The zero-order valence-corrected chi connectivity index (χ0v) is 38.6. The molecule has 5 heteroatoms. The van der Waals surface area contributed by atoms with Crippen LogP contribution in [0.5, 0.6) is 0 Å². The van der Waals surface area contributed by atoms with Crippen molar-refractivity contribution < 1.29 is 4.42 Å². The molecule has 0 spiro atoms. The molecule has 0 saturated carbocycles. The van der Waals surface area contributed by atoms with Gasteiger partial charge in [0, 0.05) is 53.2 Å². The normalized spacial score (nSPS) is 13.7. The van der Waals surface area contributed by atoms with E-state index in [0.717, 1.165) is 72.9 Å². The topological polar surface area (TPSA) is 51.8 Å². The van der Waals surface area contributed by atoms with Gasteiger partial charge in [-0.15, -0.1) is 11.3 Å². The first-order chi connectivity index (χ1) is 34.1. The number of hydrogen-bond acceptors (Lipinski definition) is 5. The van der Waals surface area contributed by atoms with Gasteiger partial charge in [-0.3, -0.25) is 0 Å². The lowest BCUT2D eigenvalue weighted by atomic mass is 9.85. The molecule has 0 fully saturated rings. The molecule has 4 nitrogen and oxygen atoms in total. The van der Waals surface area contributed by atoms with Crippen LogP contribution in [0.4, 0.5) is 0 Å². The third kappa shape index (κ3) is 7.27. The number of fused-ring (bicyclic) bond motifs is 6. The van der Waals surface area contributed by atoms with Crippen molar-refractivity contribution >= 4 is 59.0 Å². The molecule has 0 radical (unpaired) electrons. The van der Waals surface area contributed by atoms with E-state index >= 15 is 0 Å². The predicted octanol–water partition coefficient (Wildman–Crippen LogP) is 17.8. The van der Waals surface area contributed by atoms with Crippen molar-refractivity contribution in [1.82, 2.24) is 15.0 Å². The summed E-state index contributed by atoms with van der Waals surface area (Å²) in [7, 11) is 0. The average Bonchev–Trinajstić information content (AvgIpc) is 4.00. The molecule has 1 atom stereocenters. The Morgan fingerprint density at radius 2 is 1.00 bits per heavy atom. The van der Waals surface area contributed by atoms with Gasteiger partial charge in [-0.05, 0) is 105 Å². The lowest BCUT2D eigenvalue weighted by Gasteiger charge is -2.19. The minimum atomic E-state index is 0.431. The molecule has 3 aromatic heterocycles. The highest BCUT2D eigenvalue weighted by Crippen LogP contribution is 2.45. The van der Waals surface area contributed by atoms with Gasteiger partial charge >= 0.3 is 0 Å². The third-order valence-corrected chi connectivity index (χ3v) is 14.8. The monoisotopic (exact) mass is 901 g/mol. The van der Waals surface area contributed by atoms with Crippen molar-refractivity contribution in [2.45, 2.75) is 13.3 Å². The summed E-state index contributed by atoms with van der Waals surface area (Å²) in [4.78, 5) is 15.9. The van der Waals surface area contributed by atoms with E-state index in [2.05, 4.69) is 201 Å². The van der Waals surface area contributed by atoms with Gasteiger partial charge in [0.1, 0.15) is 11.2 Å². The van der Waals surface area contributed by atoms with E-state index in [-0.39, 0.29) is 0 Å². The summed E-state index contributed by atoms with van der Waals surface area (Å²) in [5, 5.41) is 4.53. The van der Waals surface area contributed by atoms with E-state index in [1.54, 1.807) is 0 Å². The molecule has 0 bridgehead atoms. The average molecular weight is 902 g/mol. The van der Waals surface area contributed by atoms with Gasteiger partial charge in [-0.25, -0.2) is 15.0 Å². The van der Waals surface area contributed by atoms with Crippen molar-refractivity contribution in [3.63, 3.8) is 0 Å². The molecule has 0 amide bonds. The molecule has 1 aliphatic rings. The van der Waals surface area contributed by atoms with Crippen molar-refractivity contribution in [2.24, 2.45) is 5.92 Å². The van der Waals surface area contributed by atoms with Gasteiger partial charge in [0.05, 0.1) is 0 Å². The largest absolute Gasteiger partial charge is 0.456 e. The first-order valence-corrected chi connectivity index (χ1v) is 24.4. The third-order valence-electron chi connectivity index (χ3n) is 13.6. The van der Waals surface area contributed by atoms with E-state index in [1.807, 2.05) is 41.7 Å². The van der Waals surface area contributed by atoms with Crippen LogP contribution in [0.3, 0.4) is 0 Å².